The molecule has 2 aromatic rings. The molecular weight excluding hydrogens is 444 g/mol. The Morgan fingerprint density at radius 3 is 2.43 bits per heavy atom. The van der Waals surface area contributed by atoms with Crippen molar-refractivity contribution in [1.29, 1.82) is 0 Å². The Bertz CT molecular complexity index is 869. The highest BCUT2D eigenvalue weighted by Crippen LogP contribution is 2.24. The second kappa shape index (κ2) is 10.2. The molecule has 0 aliphatic carbocycles. The van der Waals surface area contributed by atoms with Gasteiger partial charge in [-0.3, -0.25) is 10.1 Å². The van der Waals surface area contributed by atoms with Gasteiger partial charge in [-0.05, 0) is 75.5 Å². The summed E-state index contributed by atoms with van der Waals surface area (Å²) in [5.41, 5.74) is 1.43. The van der Waals surface area contributed by atoms with Gasteiger partial charge in [-0.15, -0.1) is 0 Å². The molecule has 0 saturated heterocycles. The molecule has 6 nitrogen and oxygen atoms in total. The lowest BCUT2D eigenvalue weighted by Gasteiger charge is -2.15. The molecule has 0 atom stereocenters. The molecule has 2 N–H and O–H groups in total. The van der Waals surface area contributed by atoms with Gasteiger partial charge in [-0.25, -0.2) is 4.79 Å². The number of rotatable bonds is 6. The Morgan fingerprint density at radius 2 is 1.82 bits per heavy atom. The van der Waals surface area contributed by atoms with Crippen molar-refractivity contribution < 1.29 is 19.1 Å². The number of carbonyl (C=O) groups is 2. The van der Waals surface area contributed by atoms with Crippen LogP contribution in [-0.4, -0.2) is 29.7 Å². The van der Waals surface area contributed by atoms with Crippen molar-refractivity contribution in [3.8, 4) is 5.75 Å². The quantitative estimate of drug-likeness (QED) is 0.482. The minimum absolute atomic E-state index is 0.0734. The van der Waals surface area contributed by atoms with Gasteiger partial charge in [0.05, 0.1) is 23.8 Å². The van der Waals surface area contributed by atoms with Gasteiger partial charge < -0.3 is 14.8 Å². The molecule has 148 valence electrons. The first kappa shape index (κ1) is 21.8. The Balaban J connectivity index is 2.04. The third kappa shape index (κ3) is 6.31. The van der Waals surface area contributed by atoms with E-state index in [4.69, 9.17) is 21.7 Å². The maximum absolute atomic E-state index is 12.6. The maximum atomic E-state index is 12.6. The summed E-state index contributed by atoms with van der Waals surface area (Å²) >= 11 is 8.57. The maximum Gasteiger partial charge on any atom is 0.338 e. The van der Waals surface area contributed by atoms with Crippen LogP contribution in [-0.2, 0) is 4.74 Å². The van der Waals surface area contributed by atoms with E-state index >= 15 is 0 Å². The standard InChI is InChI=1S/C20H21BrN2O4S/c1-4-26-19(25)13-5-8-15(9-6-13)22-20(28)23-18(24)16-11-14(21)7-10-17(16)27-12(2)3/h5-12H,4H2,1-3H3,(H2,22,23,24,28). The molecule has 28 heavy (non-hydrogen) atoms. The number of halogens is 1. The zero-order chi connectivity index (χ0) is 20.7. The van der Waals surface area contributed by atoms with E-state index in [9.17, 15) is 9.59 Å². The first-order valence-electron chi connectivity index (χ1n) is 8.66. The first-order chi connectivity index (χ1) is 13.3. The molecule has 0 aliphatic rings. The molecule has 0 aliphatic heterocycles. The minimum atomic E-state index is -0.391. The lowest BCUT2D eigenvalue weighted by Crippen LogP contribution is -2.34. The summed E-state index contributed by atoms with van der Waals surface area (Å²) in [6.07, 6.45) is -0.0734. The predicted molar refractivity (Wildman–Crippen MR) is 116 cm³/mol. The van der Waals surface area contributed by atoms with Gasteiger partial charge in [0.1, 0.15) is 5.75 Å². The van der Waals surface area contributed by atoms with Gasteiger partial charge in [0, 0.05) is 10.2 Å². The van der Waals surface area contributed by atoms with Crippen molar-refractivity contribution in [2.75, 3.05) is 11.9 Å². The number of amides is 1. The lowest BCUT2D eigenvalue weighted by atomic mass is 10.2. The number of hydrogen-bond donors (Lipinski definition) is 2. The largest absolute Gasteiger partial charge is 0.490 e. The molecule has 2 rings (SSSR count). The van der Waals surface area contributed by atoms with E-state index < -0.39 is 11.9 Å². The Kier molecular flexibility index (Phi) is 7.95. The highest BCUT2D eigenvalue weighted by molar-refractivity contribution is 9.10. The van der Waals surface area contributed by atoms with Crippen LogP contribution >= 0.6 is 28.1 Å². The smallest absolute Gasteiger partial charge is 0.338 e. The Hall–Kier alpha value is -2.45. The molecule has 0 spiro atoms. The van der Waals surface area contributed by atoms with Crippen LogP contribution < -0.4 is 15.4 Å². The van der Waals surface area contributed by atoms with Crippen LogP contribution in [0, 0.1) is 0 Å². The fraction of sp³-hybridized carbons (Fsp3) is 0.250. The average Bonchev–Trinajstić information content (AvgIpc) is 2.63. The van der Waals surface area contributed by atoms with Crippen LogP contribution in [0.15, 0.2) is 46.9 Å². The fourth-order valence-corrected chi connectivity index (χ4v) is 2.84. The van der Waals surface area contributed by atoms with Gasteiger partial charge in [-0.2, -0.15) is 0 Å². The molecular formula is C20H21BrN2O4S. The summed E-state index contributed by atoms with van der Waals surface area (Å²) in [4.78, 5) is 24.3. The van der Waals surface area contributed by atoms with Crippen molar-refractivity contribution >= 4 is 50.8 Å². The highest BCUT2D eigenvalue weighted by Gasteiger charge is 2.16. The van der Waals surface area contributed by atoms with E-state index in [1.54, 1.807) is 49.4 Å². The summed E-state index contributed by atoms with van der Waals surface area (Å²) in [6.45, 7) is 5.83. The summed E-state index contributed by atoms with van der Waals surface area (Å²) in [5, 5.41) is 5.67. The van der Waals surface area contributed by atoms with Crippen LogP contribution in [0.25, 0.3) is 0 Å². The van der Waals surface area contributed by atoms with Crippen molar-refractivity contribution in [2.24, 2.45) is 0 Å². The van der Waals surface area contributed by atoms with Crippen LogP contribution in [0.2, 0.25) is 0 Å². The molecule has 1 amide bonds. The molecule has 0 aromatic heterocycles. The van der Waals surface area contributed by atoms with Crippen molar-refractivity contribution in [3.63, 3.8) is 0 Å². The predicted octanol–water partition coefficient (Wildman–Crippen LogP) is 4.54. The van der Waals surface area contributed by atoms with Gasteiger partial charge >= 0.3 is 5.97 Å². The number of carbonyl (C=O) groups excluding carboxylic acids is 2. The third-order valence-corrected chi connectivity index (χ3v) is 4.13. The molecule has 2 aromatic carbocycles. The first-order valence-corrected chi connectivity index (χ1v) is 9.86. The normalized spacial score (nSPS) is 10.3. The van der Waals surface area contributed by atoms with Crippen LogP contribution in [0.1, 0.15) is 41.5 Å². The van der Waals surface area contributed by atoms with Crippen LogP contribution in [0.4, 0.5) is 5.69 Å². The van der Waals surface area contributed by atoms with Crippen molar-refractivity contribution in [3.05, 3.63) is 58.1 Å². The summed E-state index contributed by atoms with van der Waals surface area (Å²) in [6, 6.07) is 11.8. The second-order valence-electron chi connectivity index (χ2n) is 6.01. The SMILES string of the molecule is CCOC(=O)c1ccc(NC(=S)NC(=O)c2cc(Br)ccc2OC(C)C)cc1. The highest BCUT2D eigenvalue weighted by atomic mass is 79.9. The number of ether oxygens (including phenoxy) is 2. The van der Waals surface area contributed by atoms with Crippen LogP contribution in [0.3, 0.4) is 0 Å². The van der Waals surface area contributed by atoms with Crippen LogP contribution in [0.5, 0.6) is 5.75 Å². The number of anilines is 1. The number of hydrogen-bond acceptors (Lipinski definition) is 5. The zero-order valence-electron chi connectivity index (χ0n) is 15.7. The average molecular weight is 465 g/mol. The minimum Gasteiger partial charge on any atom is -0.490 e. The molecule has 0 saturated carbocycles. The van der Waals surface area contributed by atoms with E-state index in [0.29, 0.717) is 29.2 Å². The van der Waals surface area contributed by atoms with E-state index in [0.717, 1.165) is 4.47 Å². The molecule has 0 fully saturated rings. The number of thiocarbonyl (C=S) groups is 1. The number of benzene rings is 2. The van der Waals surface area contributed by atoms with Gasteiger partial charge in [-0.1, -0.05) is 15.9 Å². The topological polar surface area (TPSA) is 76.7 Å². The summed E-state index contributed by atoms with van der Waals surface area (Å²) in [5.74, 6) is -0.313. The summed E-state index contributed by atoms with van der Waals surface area (Å²) < 4.78 is 11.4. The molecule has 8 heteroatoms. The van der Waals surface area contributed by atoms with Gasteiger partial charge in [0.25, 0.3) is 5.91 Å². The summed E-state index contributed by atoms with van der Waals surface area (Å²) in [7, 11) is 0. The molecule has 0 unspecified atom stereocenters. The lowest BCUT2D eigenvalue weighted by molar-refractivity contribution is 0.0526. The molecule has 0 heterocycles. The fourth-order valence-electron chi connectivity index (χ4n) is 2.27. The van der Waals surface area contributed by atoms with Crippen molar-refractivity contribution in [1.82, 2.24) is 5.32 Å². The number of esters is 1. The van der Waals surface area contributed by atoms with E-state index in [2.05, 4.69) is 26.6 Å². The third-order valence-electron chi connectivity index (χ3n) is 3.43. The van der Waals surface area contributed by atoms with E-state index in [1.165, 1.54) is 0 Å². The van der Waals surface area contributed by atoms with E-state index in [-0.39, 0.29) is 11.2 Å². The monoisotopic (exact) mass is 464 g/mol. The van der Waals surface area contributed by atoms with Gasteiger partial charge in [0.15, 0.2) is 5.11 Å². The zero-order valence-corrected chi connectivity index (χ0v) is 18.1. The van der Waals surface area contributed by atoms with E-state index in [1.807, 2.05) is 13.8 Å². The number of nitrogens with one attached hydrogen (secondary N) is 2. The van der Waals surface area contributed by atoms with Gasteiger partial charge in [0.2, 0.25) is 0 Å². The Labute approximate surface area is 177 Å². The second-order valence-corrected chi connectivity index (χ2v) is 7.34. The van der Waals surface area contributed by atoms with Crippen molar-refractivity contribution in [2.45, 2.75) is 26.9 Å². The molecule has 0 radical (unpaired) electrons. The Morgan fingerprint density at radius 1 is 1.14 bits per heavy atom. The molecule has 0 bridgehead atoms.